The summed E-state index contributed by atoms with van der Waals surface area (Å²) in [5.74, 6) is 0.514. The highest BCUT2D eigenvalue weighted by Crippen LogP contribution is 2.68. The first-order chi connectivity index (χ1) is 14.6. The molecule has 6 heteroatoms. The van der Waals surface area contributed by atoms with E-state index in [4.69, 9.17) is 4.74 Å². The zero-order valence-corrected chi connectivity index (χ0v) is 19.5. The summed E-state index contributed by atoms with van der Waals surface area (Å²) in [6.45, 7) is 6.58. The van der Waals surface area contributed by atoms with Gasteiger partial charge in [-0.15, -0.1) is 0 Å². The van der Waals surface area contributed by atoms with Crippen LogP contribution in [-0.2, 0) is 9.53 Å². The van der Waals surface area contributed by atoms with E-state index in [9.17, 15) is 25.2 Å². The summed E-state index contributed by atoms with van der Waals surface area (Å²) in [5.41, 5.74) is -0.492. The number of carbonyl (C=O) groups excluding carboxylic acids is 1. The molecular formula is C25H42O6. The molecule has 178 valence electrons. The third kappa shape index (κ3) is 3.48. The number of aliphatic hydroxyl groups is 4. The summed E-state index contributed by atoms with van der Waals surface area (Å²) in [5, 5.41) is 44.2. The molecule has 31 heavy (non-hydrogen) atoms. The fourth-order valence-electron chi connectivity index (χ4n) is 8.82. The Morgan fingerprint density at radius 1 is 1.00 bits per heavy atom. The number of fused-ring (bicyclic) bond motifs is 5. The molecule has 4 rings (SSSR count). The van der Waals surface area contributed by atoms with Gasteiger partial charge in [-0.25, -0.2) is 0 Å². The van der Waals surface area contributed by atoms with Gasteiger partial charge < -0.3 is 25.2 Å². The Morgan fingerprint density at radius 3 is 2.39 bits per heavy atom. The molecule has 6 nitrogen and oxygen atoms in total. The average Bonchev–Trinajstić information content (AvgIpc) is 3.10. The first-order valence-electron chi connectivity index (χ1n) is 12.3. The number of methoxy groups -OCH3 is 1. The molecule has 4 N–H and O–H groups in total. The smallest absolute Gasteiger partial charge is 0.305 e. The van der Waals surface area contributed by atoms with Crippen molar-refractivity contribution in [2.45, 2.75) is 96.6 Å². The highest BCUT2D eigenvalue weighted by molar-refractivity contribution is 5.69. The van der Waals surface area contributed by atoms with Crippen LogP contribution in [0.1, 0.15) is 72.1 Å². The summed E-state index contributed by atoms with van der Waals surface area (Å²) in [7, 11) is 1.42. The summed E-state index contributed by atoms with van der Waals surface area (Å²) in [4.78, 5) is 11.7. The van der Waals surface area contributed by atoms with E-state index in [2.05, 4.69) is 20.8 Å². The minimum atomic E-state index is -0.823. The van der Waals surface area contributed by atoms with Crippen LogP contribution in [0.5, 0.6) is 0 Å². The van der Waals surface area contributed by atoms with Crippen LogP contribution in [0.15, 0.2) is 0 Å². The third-order valence-electron chi connectivity index (χ3n) is 10.6. The van der Waals surface area contributed by atoms with Crippen LogP contribution in [0.3, 0.4) is 0 Å². The average molecular weight is 439 g/mol. The largest absolute Gasteiger partial charge is 0.469 e. The zero-order chi connectivity index (χ0) is 22.7. The maximum atomic E-state index is 11.7. The van der Waals surface area contributed by atoms with Crippen molar-refractivity contribution < 1.29 is 30.0 Å². The van der Waals surface area contributed by atoms with Crippen molar-refractivity contribution in [3.05, 3.63) is 0 Å². The second-order valence-corrected chi connectivity index (χ2v) is 11.7. The lowest BCUT2D eigenvalue weighted by Gasteiger charge is -2.64. The molecule has 0 radical (unpaired) electrons. The Morgan fingerprint density at radius 2 is 1.71 bits per heavy atom. The molecule has 4 aliphatic carbocycles. The molecule has 4 fully saturated rings. The fraction of sp³-hybridized carbons (Fsp3) is 0.960. The lowest BCUT2D eigenvalue weighted by molar-refractivity contribution is -0.243. The van der Waals surface area contributed by atoms with Gasteiger partial charge in [-0.05, 0) is 91.3 Å². The second-order valence-electron chi connectivity index (χ2n) is 11.7. The lowest BCUT2D eigenvalue weighted by atomic mass is 9.42. The summed E-state index contributed by atoms with van der Waals surface area (Å²) in [6.07, 6.45) is 3.27. The van der Waals surface area contributed by atoms with E-state index in [1.807, 2.05) is 0 Å². The molecule has 0 heterocycles. The highest BCUT2D eigenvalue weighted by atomic mass is 16.5. The molecule has 0 bridgehead atoms. The number of esters is 1. The highest BCUT2D eigenvalue weighted by Gasteiger charge is 2.67. The van der Waals surface area contributed by atoms with Gasteiger partial charge in [0.2, 0.25) is 0 Å². The van der Waals surface area contributed by atoms with Gasteiger partial charge in [0.25, 0.3) is 0 Å². The van der Waals surface area contributed by atoms with E-state index < -0.39 is 24.4 Å². The van der Waals surface area contributed by atoms with Crippen LogP contribution in [0.2, 0.25) is 0 Å². The first kappa shape index (κ1) is 23.5. The van der Waals surface area contributed by atoms with E-state index >= 15 is 0 Å². The van der Waals surface area contributed by atoms with Gasteiger partial charge in [0.1, 0.15) is 0 Å². The van der Waals surface area contributed by atoms with Crippen molar-refractivity contribution in [3.8, 4) is 0 Å². The Balaban J connectivity index is 1.61. The number of rotatable bonds is 4. The van der Waals surface area contributed by atoms with Crippen LogP contribution in [0.4, 0.5) is 0 Å². The van der Waals surface area contributed by atoms with Crippen LogP contribution in [0.25, 0.3) is 0 Å². The van der Waals surface area contributed by atoms with Crippen LogP contribution >= 0.6 is 0 Å². The first-order valence-corrected chi connectivity index (χ1v) is 12.3. The Hall–Kier alpha value is -0.690. The molecular weight excluding hydrogens is 396 g/mol. The molecule has 0 saturated heterocycles. The predicted molar refractivity (Wildman–Crippen MR) is 116 cm³/mol. The molecule has 0 amide bonds. The fourth-order valence-corrected chi connectivity index (χ4v) is 8.82. The molecule has 0 aromatic heterocycles. The number of aliphatic hydroxyl groups excluding tert-OH is 4. The van der Waals surface area contributed by atoms with Gasteiger partial charge >= 0.3 is 5.97 Å². The lowest BCUT2D eigenvalue weighted by Crippen LogP contribution is -2.66. The van der Waals surface area contributed by atoms with Crippen molar-refractivity contribution in [3.63, 3.8) is 0 Å². The van der Waals surface area contributed by atoms with Crippen molar-refractivity contribution in [2.75, 3.05) is 7.11 Å². The standard InChI is InChI=1S/C25H42O6/c1-13(5-8-20(28)31-4)15-6-7-16-21-17(12-19(27)25(15,16)3)24(2)10-9-14(26)11-18(24)22(29)23(21)30/h13-19,21-23,26-27,29-30H,5-12H2,1-4H3/t13-,14-,15+,16+,17+,18+,19-,21+,22-,23+,24+,25+/m0/s1. The van der Waals surface area contributed by atoms with Crippen molar-refractivity contribution in [1.29, 1.82) is 0 Å². The predicted octanol–water partition coefficient (Wildman–Crippen LogP) is 2.51. The van der Waals surface area contributed by atoms with Crippen LogP contribution in [-0.4, -0.2) is 57.9 Å². The maximum Gasteiger partial charge on any atom is 0.305 e. The number of ether oxygens (including phenoxy) is 1. The molecule has 0 aromatic carbocycles. The summed E-state index contributed by atoms with van der Waals surface area (Å²) in [6, 6.07) is 0. The number of carbonyl (C=O) groups is 1. The Labute approximate surface area is 186 Å². The van der Waals surface area contributed by atoms with Crippen molar-refractivity contribution in [1.82, 2.24) is 0 Å². The molecule has 4 aliphatic rings. The van der Waals surface area contributed by atoms with Crippen molar-refractivity contribution in [2.24, 2.45) is 46.3 Å². The topological polar surface area (TPSA) is 107 Å². The van der Waals surface area contributed by atoms with Gasteiger partial charge in [-0.3, -0.25) is 4.79 Å². The quantitative estimate of drug-likeness (QED) is 0.503. The zero-order valence-electron chi connectivity index (χ0n) is 19.5. The minimum absolute atomic E-state index is 0.0299. The molecule has 0 aliphatic heterocycles. The maximum absolute atomic E-state index is 11.7. The van der Waals surface area contributed by atoms with E-state index in [-0.39, 0.29) is 52.3 Å². The van der Waals surface area contributed by atoms with Crippen molar-refractivity contribution >= 4 is 5.97 Å². The van der Waals surface area contributed by atoms with E-state index in [1.54, 1.807) is 0 Å². The van der Waals surface area contributed by atoms with E-state index in [0.29, 0.717) is 19.3 Å². The molecule has 0 aromatic rings. The molecule has 0 unspecified atom stereocenters. The summed E-state index contributed by atoms with van der Waals surface area (Å²) >= 11 is 0. The SMILES string of the molecule is COC(=O)CC[C@H](C)[C@H]1CC[C@@H]2[C@H]3[C@@H](O)[C@@H](O)[C@H]4C[C@@H](O)CC[C@]4(C)[C@@H]3C[C@H](O)[C@@]21C. The molecule has 0 spiro atoms. The van der Waals surface area contributed by atoms with E-state index in [0.717, 1.165) is 32.1 Å². The monoisotopic (exact) mass is 438 g/mol. The van der Waals surface area contributed by atoms with Crippen LogP contribution in [0, 0.1) is 46.3 Å². The van der Waals surface area contributed by atoms with Gasteiger partial charge in [0.15, 0.2) is 0 Å². The molecule has 4 saturated carbocycles. The van der Waals surface area contributed by atoms with Gasteiger partial charge in [-0.2, -0.15) is 0 Å². The third-order valence-corrected chi connectivity index (χ3v) is 10.6. The van der Waals surface area contributed by atoms with Gasteiger partial charge in [0.05, 0.1) is 31.5 Å². The molecule has 12 atom stereocenters. The van der Waals surface area contributed by atoms with Crippen LogP contribution < -0.4 is 0 Å². The van der Waals surface area contributed by atoms with E-state index in [1.165, 1.54) is 7.11 Å². The Bertz CT molecular complexity index is 683. The summed E-state index contributed by atoms with van der Waals surface area (Å²) < 4.78 is 4.81. The number of hydrogen-bond acceptors (Lipinski definition) is 6. The second kappa shape index (κ2) is 8.27. The minimum Gasteiger partial charge on any atom is -0.469 e. The Kier molecular flexibility index (Phi) is 6.26. The van der Waals surface area contributed by atoms with Gasteiger partial charge in [0, 0.05) is 6.42 Å². The number of hydrogen-bond donors (Lipinski definition) is 4. The van der Waals surface area contributed by atoms with Gasteiger partial charge in [-0.1, -0.05) is 20.8 Å². The normalized spacial score (nSPS) is 52.6.